The normalized spacial score (nSPS) is 10.7. The highest BCUT2D eigenvalue weighted by Crippen LogP contribution is 2.22. The Labute approximate surface area is 291 Å². The minimum absolute atomic E-state index is 0.145. The Bertz CT molecular complexity index is 1820. The zero-order valence-electron chi connectivity index (χ0n) is 27.9. The molecule has 0 atom stereocenters. The summed E-state index contributed by atoms with van der Waals surface area (Å²) in [6.07, 6.45) is 1.23. The van der Waals surface area contributed by atoms with Crippen molar-refractivity contribution in [2.75, 3.05) is 48.9 Å². The summed E-state index contributed by atoms with van der Waals surface area (Å²) in [6.45, 7) is 4.20. The molecule has 0 spiro atoms. The van der Waals surface area contributed by atoms with E-state index in [0.29, 0.717) is 75.2 Å². The molecule has 0 fully saturated rings. The highest BCUT2D eigenvalue weighted by molar-refractivity contribution is 5.94. The summed E-state index contributed by atoms with van der Waals surface area (Å²) in [7, 11) is 0. The number of Topliss-reactive ketones (excluding diaryl/α,β-unsaturated/α-hetero) is 1. The number of nitrogens with one attached hydrogen (secondary N) is 4. The first kappa shape index (κ1) is 35.5. The van der Waals surface area contributed by atoms with Crippen molar-refractivity contribution in [1.29, 1.82) is 0 Å². The number of aromatic hydroxyl groups is 1. The van der Waals surface area contributed by atoms with Crippen LogP contribution in [0.3, 0.4) is 0 Å². The number of hydrogen-bond acceptors (Lipinski definition) is 11. The summed E-state index contributed by atoms with van der Waals surface area (Å²) in [5.74, 6) is 0.994. The maximum absolute atomic E-state index is 12.9. The minimum Gasteiger partial charge on any atom is -0.508 e. The average molecular weight is 676 g/mol. The van der Waals surface area contributed by atoms with Crippen molar-refractivity contribution < 1.29 is 24.2 Å². The molecule has 50 heavy (non-hydrogen) atoms. The van der Waals surface area contributed by atoms with E-state index in [1.54, 1.807) is 55.5 Å². The van der Waals surface area contributed by atoms with Gasteiger partial charge < -0.3 is 40.6 Å². The van der Waals surface area contributed by atoms with Gasteiger partial charge in [-0.1, -0.05) is 48.5 Å². The largest absolute Gasteiger partial charge is 0.508 e. The van der Waals surface area contributed by atoms with Gasteiger partial charge in [0.25, 0.3) is 5.91 Å². The van der Waals surface area contributed by atoms with Crippen LogP contribution in [0.5, 0.6) is 5.75 Å². The Morgan fingerprint density at radius 1 is 0.680 bits per heavy atom. The lowest BCUT2D eigenvalue weighted by Crippen LogP contribution is -2.22. The van der Waals surface area contributed by atoms with Crippen molar-refractivity contribution in [3.63, 3.8) is 0 Å². The van der Waals surface area contributed by atoms with Gasteiger partial charge in [0, 0.05) is 43.1 Å². The molecule has 258 valence electrons. The number of amides is 1. The summed E-state index contributed by atoms with van der Waals surface area (Å²) < 4.78 is 11.1. The zero-order chi connectivity index (χ0) is 35.0. The van der Waals surface area contributed by atoms with Crippen LogP contribution in [0.15, 0.2) is 103 Å². The number of nitrogens with zero attached hydrogens (tertiary/aromatic N) is 3. The van der Waals surface area contributed by atoms with Crippen molar-refractivity contribution in [3.8, 4) is 16.9 Å². The molecule has 0 aliphatic carbocycles. The quantitative estimate of drug-likeness (QED) is 0.0482. The van der Waals surface area contributed by atoms with E-state index in [1.807, 2.05) is 30.3 Å². The number of aromatic nitrogens is 3. The van der Waals surface area contributed by atoms with E-state index in [9.17, 15) is 14.7 Å². The van der Waals surface area contributed by atoms with Gasteiger partial charge in [0.05, 0.1) is 19.8 Å². The molecule has 1 amide bonds. The van der Waals surface area contributed by atoms with E-state index < -0.39 is 0 Å². The van der Waals surface area contributed by atoms with Crippen LogP contribution in [0.1, 0.15) is 35.7 Å². The topological polar surface area (TPSA) is 160 Å². The van der Waals surface area contributed by atoms with E-state index in [2.05, 4.69) is 60.5 Å². The summed E-state index contributed by atoms with van der Waals surface area (Å²) in [5, 5.41) is 22.1. The number of ether oxygens (including phenoxy) is 2. The van der Waals surface area contributed by atoms with Gasteiger partial charge in [-0.3, -0.25) is 4.79 Å². The standard InChI is InChI=1S/C38H41N7O5/c1-27(46)7-6-21-49-23-24-50-22-20-39-36-43-37(45-38(44-36)42-33-16-18-34(47)19-17-33)41-32-14-12-30(13-15-32)35(48)40-26-28-8-5-11-31(25-28)29-9-3-2-4-10-29/h2-5,8-19,25,47H,6-7,20-24,26H2,1H3,(H,40,48)(H3,39,41,42,43,44,45). The average Bonchev–Trinajstić information content (AvgIpc) is 3.13. The predicted molar refractivity (Wildman–Crippen MR) is 194 cm³/mol. The third-order valence-electron chi connectivity index (χ3n) is 7.37. The minimum atomic E-state index is -0.185. The van der Waals surface area contributed by atoms with Crippen molar-refractivity contribution in [2.45, 2.75) is 26.3 Å². The molecule has 0 unspecified atom stereocenters. The van der Waals surface area contributed by atoms with Crippen molar-refractivity contribution in [3.05, 3.63) is 114 Å². The molecule has 0 aliphatic heterocycles. The Balaban J connectivity index is 1.16. The van der Waals surface area contributed by atoms with Gasteiger partial charge in [-0.15, -0.1) is 0 Å². The van der Waals surface area contributed by atoms with Gasteiger partial charge in [-0.2, -0.15) is 15.0 Å². The van der Waals surface area contributed by atoms with Gasteiger partial charge in [-0.05, 0) is 84.6 Å². The van der Waals surface area contributed by atoms with E-state index in [0.717, 1.165) is 16.7 Å². The number of hydrogen-bond donors (Lipinski definition) is 5. The molecule has 5 rings (SSSR count). The summed E-state index contributed by atoms with van der Waals surface area (Å²) >= 11 is 0. The Morgan fingerprint density at radius 3 is 1.98 bits per heavy atom. The van der Waals surface area contributed by atoms with Crippen LogP contribution in [0.2, 0.25) is 0 Å². The van der Waals surface area contributed by atoms with Crippen LogP contribution in [-0.2, 0) is 20.8 Å². The lowest BCUT2D eigenvalue weighted by molar-refractivity contribution is -0.117. The SMILES string of the molecule is CC(=O)CCCOCCOCCNc1nc(Nc2ccc(O)cc2)nc(Nc2ccc(C(=O)NCc3cccc(-c4ccccc4)c3)cc2)n1. The van der Waals surface area contributed by atoms with Gasteiger partial charge >= 0.3 is 0 Å². The van der Waals surface area contributed by atoms with E-state index in [-0.39, 0.29) is 29.3 Å². The third kappa shape index (κ3) is 11.7. The van der Waals surface area contributed by atoms with Gasteiger partial charge in [0.15, 0.2) is 0 Å². The number of anilines is 5. The van der Waals surface area contributed by atoms with Crippen molar-refractivity contribution >= 4 is 40.9 Å². The lowest BCUT2D eigenvalue weighted by Gasteiger charge is -2.12. The fourth-order valence-electron chi connectivity index (χ4n) is 4.83. The van der Waals surface area contributed by atoms with Crippen LogP contribution in [-0.4, -0.2) is 64.7 Å². The van der Waals surface area contributed by atoms with E-state index in [4.69, 9.17) is 9.47 Å². The molecule has 12 nitrogen and oxygen atoms in total. The van der Waals surface area contributed by atoms with E-state index in [1.165, 1.54) is 0 Å². The third-order valence-corrected chi connectivity index (χ3v) is 7.37. The molecule has 0 saturated heterocycles. The van der Waals surface area contributed by atoms with Crippen LogP contribution in [0, 0.1) is 0 Å². The molecule has 12 heteroatoms. The maximum Gasteiger partial charge on any atom is 0.251 e. The van der Waals surface area contributed by atoms with Crippen LogP contribution in [0.4, 0.5) is 29.2 Å². The molecule has 0 aliphatic rings. The molecule has 1 heterocycles. The number of phenolic OH excluding ortho intramolecular Hbond substituents is 1. The molecule has 5 N–H and O–H groups in total. The van der Waals surface area contributed by atoms with Gasteiger partial charge in [0.2, 0.25) is 17.8 Å². The Kier molecular flexibility index (Phi) is 13.2. The smallest absolute Gasteiger partial charge is 0.251 e. The highest BCUT2D eigenvalue weighted by Gasteiger charge is 2.10. The maximum atomic E-state index is 12.9. The van der Waals surface area contributed by atoms with Crippen molar-refractivity contribution in [2.24, 2.45) is 0 Å². The van der Waals surface area contributed by atoms with Crippen molar-refractivity contribution in [1.82, 2.24) is 20.3 Å². The van der Waals surface area contributed by atoms with Crippen LogP contribution >= 0.6 is 0 Å². The second-order valence-electron chi connectivity index (χ2n) is 11.4. The first-order valence-corrected chi connectivity index (χ1v) is 16.4. The summed E-state index contributed by atoms with van der Waals surface area (Å²) in [4.78, 5) is 37.4. The number of ketones is 1. The molecular weight excluding hydrogens is 634 g/mol. The second-order valence-corrected chi connectivity index (χ2v) is 11.4. The molecular formula is C38H41N7O5. The number of carbonyl (C=O) groups is 2. The highest BCUT2D eigenvalue weighted by atomic mass is 16.5. The zero-order valence-corrected chi connectivity index (χ0v) is 27.9. The summed E-state index contributed by atoms with van der Waals surface area (Å²) in [6, 6.07) is 31.8. The van der Waals surface area contributed by atoms with Gasteiger partial charge in [-0.25, -0.2) is 0 Å². The second kappa shape index (κ2) is 18.6. The number of benzene rings is 4. The fourth-order valence-corrected chi connectivity index (χ4v) is 4.83. The Morgan fingerprint density at radius 2 is 1.30 bits per heavy atom. The number of phenols is 1. The Hall–Kier alpha value is -5.85. The van der Waals surface area contributed by atoms with Crippen LogP contribution < -0.4 is 21.3 Å². The first-order valence-electron chi connectivity index (χ1n) is 16.4. The molecule has 0 radical (unpaired) electrons. The number of carbonyl (C=O) groups excluding carboxylic acids is 2. The fraction of sp³-hybridized carbons (Fsp3) is 0.237. The molecule has 4 aromatic carbocycles. The van der Waals surface area contributed by atoms with Crippen LogP contribution in [0.25, 0.3) is 11.1 Å². The molecule has 1 aromatic heterocycles. The lowest BCUT2D eigenvalue weighted by atomic mass is 10.0. The van der Waals surface area contributed by atoms with Gasteiger partial charge in [0.1, 0.15) is 11.5 Å². The molecule has 0 saturated carbocycles. The monoisotopic (exact) mass is 675 g/mol. The predicted octanol–water partition coefficient (Wildman–Crippen LogP) is 6.48. The van der Waals surface area contributed by atoms with E-state index >= 15 is 0 Å². The summed E-state index contributed by atoms with van der Waals surface area (Å²) in [5.41, 5.74) is 5.10. The first-order chi connectivity index (χ1) is 24.4. The molecule has 5 aromatic rings. The number of rotatable bonds is 19. The molecule has 0 bridgehead atoms.